The normalized spacial score (nSPS) is 13.8. The largest absolute Gasteiger partial charge is 0.453 e. The van der Waals surface area contributed by atoms with Crippen LogP contribution in [0.25, 0.3) is 11.1 Å². The summed E-state index contributed by atoms with van der Waals surface area (Å²) in [5.74, 6) is -1.29. The van der Waals surface area contributed by atoms with Crippen molar-refractivity contribution in [1.29, 1.82) is 0 Å². The van der Waals surface area contributed by atoms with Crippen molar-refractivity contribution in [2.24, 2.45) is 11.3 Å². The molecule has 3 aromatic rings. The number of amides is 4. The summed E-state index contributed by atoms with van der Waals surface area (Å²) in [6, 6.07) is 24.4. The van der Waals surface area contributed by atoms with E-state index in [1.165, 1.54) is 14.2 Å². The summed E-state index contributed by atoms with van der Waals surface area (Å²) in [6.07, 6.45) is -2.44. The number of hydrazine groups is 1. The lowest BCUT2D eigenvalue weighted by atomic mass is 9.86. The van der Waals surface area contributed by atoms with Gasteiger partial charge in [-0.05, 0) is 40.0 Å². The minimum atomic E-state index is -1.20. The van der Waals surface area contributed by atoms with Crippen molar-refractivity contribution in [3.63, 3.8) is 0 Å². The molecule has 50 heavy (non-hydrogen) atoms. The van der Waals surface area contributed by atoms with Gasteiger partial charge < -0.3 is 30.5 Å². The maximum absolute atomic E-state index is 13.8. The number of benzene rings is 3. The first kappa shape index (κ1) is 39.5. The maximum Gasteiger partial charge on any atom is 0.407 e. The van der Waals surface area contributed by atoms with Gasteiger partial charge in [-0.2, -0.15) is 0 Å². The van der Waals surface area contributed by atoms with Crippen LogP contribution in [0.1, 0.15) is 45.7 Å². The molecule has 0 radical (unpaired) electrons. The van der Waals surface area contributed by atoms with E-state index >= 15 is 0 Å². The zero-order valence-electron chi connectivity index (χ0n) is 29.9. The number of hydrogen-bond acceptors (Lipinski definition) is 8. The number of carbonyl (C=O) groups is 4. The van der Waals surface area contributed by atoms with Crippen LogP contribution in [0.5, 0.6) is 0 Å². The van der Waals surface area contributed by atoms with Crippen LogP contribution in [0, 0.1) is 11.3 Å². The number of carbonyl (C=O) groups excluding carboxylic acids is 4. The minimum absolute atomic E-state index is 0.101. The lowest BCUT2D eigenvalue weighted by molar-refractivity contribution is -0.132. The molecule has 12 heteroatoms. The highest BCUT2D eigenvalue weighted by Gasteiger charge is 2.35. The van der Waals surface area contributed by atoms with Gasteiger partial charge in [0.2, 0.25) is 5.91 Å². The van der Waals surface area contributed by atoms with Crippen LogP contribution < -0.4 is 21.4 Å². The molecule has 12 nitrogen and oxygen atoms in total. The van der Waals surface area contributed by atoms with E-state index < -0.39 is 53.6 Å². The molecule has 4 atom stereocenters. The minimum Gasteiger partial charge on any atom is -0.453 e. The number of methoxy groups -OCH3 is 2. The Morgan fingerprint density at radius 3 is 1.80 bits per heavy atom. The molecule has 0 aromatic heterocycles. The Balaban J connectivity index is 1.93. The lowest BCUT2D eigenvalue weighted by Gasteiger charge is -2.35. The zero-order chi connectivity index (χ0) is 36.8. The van der Waals surface area contributed by atoms with Crippen LogP contribution in [0.4, 0.5) is 9.59 Å². The Kier molecular flexibility index (Phi) is 14.8. The van der Waals surface area contributed by atoms with Crippen molar-refractivity contribution in [2.75, 3.05) is 20.8 Å². The van der Waals surface area contributed by atoms with Crippen molar-refractivity contribution in [3.05, 3.63) is 96.1 Å². The molecule has 5 N–H and O–H groups in total. The number of rotatable bonds is 15. The standard InChI is InChI=1S/C38H51N5O7/c1-25(2)32(40-36(47)49-6)34(45)39-30(22-26-14-10-8-11-15-26)31(44)24-43(42-35(46)33(38(3,4)5)41-37(48)50-7)23-27-18-20-29(21-19-27)28-16-12-9-13-17-28/h8-21,25,30-33,44H,22-24H2,1-7H3,(H,39,45)(H,40,47)(H,41,48)(H,42,46). The first-order valence-electron chi connectivity index (χ1n) is 16.6. The zero-order valence-corrected chi connectivity index (χ0v) is 29.9. The van der Waals surface area contributed by atoms with Gasteiger partial charge in [-0.25, -0.2) is 14.6 Å². The molecule has 3 rings (SSSR count). The van der Waals surface area contributed by atoms with E-state index in [9.17, 15) is 24.3 Å². The van der Waals surface area contributed by atoms with Gasteiger partial charge in [0, 0.05) is 13.1 Å². The second-order valence-electron chi connectivity index (χ2n) is 13.6. The predicted octanol–water partition coefficient (Wildman–Crippen LogP) is 4.43. The fourth-order valence-corrected chi connectivity index (χ4v) is 5.37. The maximum atomic E-state index is 13.8. The molecule has 0 saturated heterocycles. The van der Waals surface area contributed by atoms with Crippen LogP contribution in [-0.2, 0) is 32.0 Å². The molecule has 3 aromatic carbocycles. The highest BCUT2D eigenvalue weighted by atomic mass is 16.5. The molecule has 4 unspecified atom stereocenters. The van der Waals surface area contributed by atoms with Crippen molar-refractivity contribution >= 4 is 24.0 Å². The van der Waals surface area contributed by atoms with Crippen LogP contribution in [0.15, 0.2) is 84.9 Å². The Morgan fingerprint density at radius 2 is 1.26 bits per heavy atom. The van der Waals surface area contributed by atoms with Gasteiger partial charge in [0.15, 0.2) is 0 Å². The van der Waals surface area contributed by atoms with Crippen molar-refractivity contribution in [3.8, 4) is 11.1 Å². The number of ether oxygens (including phenoxy) is 2. The predicted molar refractivity (Wildman–Crippen MR) is 191 cm³/mol. The Bertz CT molecular complexity index is 1530. The first-order chi connectivity index (χ1) is 23.7. The molecule has 0 bridgehead atoms. The summed E-state index contributed by atoms with van der Waals surface area (Å²) in [4.78, 5) is 51.5. The number of aliphatic hydroxyl groups excluding tert-OH is 1. The second-order valence-corrected chi connectivity index (χ2v) is 13.6. The first-order valence-corrected chi connectivity index (χ1v) is 16.6. The van der Waals surface area contributed by atoms with Crippen LogP contribution in [0.2, 0.25) is 0 Å². The molecule has 0 spiro atoms. The van der Waals surface area contributed by atoms with Gasteiger partial charge in [-0.3, -0.25) is 15.0 Å². The number of nitrogens with zero attached hydrogens (tertiary/aromatic N) is 1. The van der Waals surface area contributed by atoms with E-state index in [-0.39, 0.29) is 25.4 Å². The summed E-state index contributed by atoms with van der Waals surface area (Å²) >= 11 is 0. The van der Waals surface area contributed by atoms with E-state index in [0.717, 1.165) is 22.3 Å². The van der Waals surface area contributed by atoms with Crippen molar-refractivity contribution in [2.45, 2.75) is 71.8 Å². The van der Waals surface area contributed by atoms with Crippen molar-refractivity contribution < 1.29 is 33.8 Å². The summed E-state index contributed by atoms with van der Waals surface area (Å²) in [7, 11) is 2.44. The number of alkyl carbamates (subject to hydrolysis) is 2. The number of aliphatic hydroxyl groups is 1. The quantitative estimate of drug-likeness (QED) is 0.147. The summed E-state index contributed by atoms with van der Waals surface area (Å²) in [5.41, 5.74) is 5.99. The van der Waals surface area contributed by atoms with E-state index in [0.29, 0.717) is 0 Å². The average molecular weight is 690 g/mol. The van der Waals surface area contributed by atoms with Crippen molar-refractivity contribution in [1.82, 2.24) is 26.4 Å². The second kappa shape index (κ2) is 18.7. The SMILES string of the molecule is COC(=O)NC(C(=O)NC(Cc1ccccc1)C(O)CN(Cc1ccc(-c2ccccc2)cc1)NC(=O)C(NC(=O)OC)C(C)(C)C)C(C)C. The molecule has 0 saturated carbocycles. The van der Waals surface area contributed by atoms with E-state index in [2.05, 4.69) is 21.4 Å². The van der Waals surface area contributed by atoms with Gasteiger partial charge in [0.1, 0.15) is 12.1 Å². The molecule has 0 aliphatic rings. The number of hydrogen-bond donors (Lipinski definition) is 5. The fourth-order valence-electron chi connectivity index (χ4n) is 5.37. The lowest BCUT2D eigenvalue weighted by Crippen LogP contribution is -2.60. The molecule has 0 heterocycles. The van der Waals surface area contributed by atoms with E-state index in [4.69, 9.17) is 9.47 Å². The van der Waals surface area contributed by atoms with Gasteiger partial charge in [0.05, 0.1) is 26.4 Å². The molecule has 270 valence electrons. The molecule has 0 aliphatic carbocycles. The molecular weight excluding hydrogens is 638 g/mol. The molecular formula is C38H51N5O7. The van der Waals surface area contributed by atoms with Crippen LogP contribution in [-0.4, -0.2) is 79.1 Å². The fraction of sp³-hybridized carbons (Fsp3) is 0.421. The molecule has 0 aliphatic heterocycles. The molecule has 0 fully saturated rings. The summed E-state index contributed by atoms with van der Waals surface area (Å²) in [6.45, 7) is 9.11. The molecule has 4 amide bonds. The average Bonchev–Trinajstić information content (AvgIpc) is 3.09. The van der Waals surface area contributed by atoms with Gasteiger partial charge in [0.25, 0.3) is 5.91 Å². The van der Waals surface area contributed by atoms with Gasteiger partial charge in [-0.15, -0.1) is 0 Å². The van der Waals surface area contributed by atoms with E-state index in [1.807, 2.05) is 106 Å². The van der Waals surface area contributed by atoms with E-state index in [1.54, 1.807) is 18.9 Å². The third-order valence-corrected chi connectivity index (χ3v) is 8.18. The number of nitrogens with one attached hydrogen (secondary N) is 4. The van der Waals surface area contributed by atoms with Crippen LogP contribution in [0.3, 0.4) is 0 Å². The highest BCUT2D eigenvalue weighted by molar-refractivity contribution is 5.86. The third kappa shape index (κ3) is 12.2. The third-order valence-electron chi connectivity index (χ3n) is 8.18. The van der Waals surface area contributed by atoms with Gasteiger partial charge >= 0.3 is 12.2 Å². The monoisotopic (exact) mass is 689 g/mol. The topological polar surface area (TPSA) is 158 Å². The highest BCUT2D eigenvalue weighted by Crippen LogP contribution is 2.22. The van der Waals surface area contributed by atoms with Crippen LogP contribution >= 0.6 is 0 Å². The summed E-state index contributed by atoms with van der Waals surface area (Å²) < 4.78 is 9.49. The Labute approximate surface area is 294 Å². The summed E-state index contributed by atoms with van der Waals surface area (Å²) in [5, 5.41) is 21.5. The Hall–Kier alpha value is -4.94. The Morgan fingerprint density at radius 1 is 0.720 bits per heavy atom. The van der Waals surface area contributed by atoms with Gasteiger partial charge in [-0.1, -0.05) is 120 Å². The smallest absolute Gasteiger partial charge is 0.407 e.